The molecule has 2 atom stereocenters. The van der Waals surface area contributed by atoms with Gasteiger partial charge in [-0.15, -0.1) is 11.8 Å². The van der Waals surface area contributed by atoms with E-state index in [4.69, 9.17) is 23.2 Å². The minimum atomic E-state index is -0.176. The number of nitrogens with one attached hydrogen (secondary N) is 2. The third-order valence-corrected chi connectivity index (χ3v) is 8.28. The zero-order valence-electron chi connectivity index (χ0n) is 21.2. The molecular formula is C27H27Cl2N7OS. The number of thioether (sulfide) groups is 1. The number of rotatable bonds is 7. The summed E-state index contributed by atoms with van der Waals surface area (Å²) in [6.45, 7) is 8.79. The third-order valence-electron chi connectivity index (χ3n) is 6.48. The number of hydrogen-bond donors (Lipinski definition) is 2. The van der Waals surface area contributed by atoms with Crippen molar-refractivity contribution in [1.82, 2.24) is 24.6 Å². The van der Waals surface area contributed by atoms with Crippen molar-refractivity contribution in [1.29, 1.82) is 0 Å². The molecule has 0 spiro atoms. The average Bonchev–Trinajstić information content (AvgIpc) is 3.54. The summed E-state index contributed by atoms with van der Waals surface area (Å²) < 4.78 is 1.74. The van der Waals surface area contributed by atoms with Crippen molar-refractivity contribution in [3.8, 4) is 0 Å². The van der Waals surface area contributed by atoms with Crippen LogP contribution in [0.25, 0.3) is 10.9 Å². The number of amides is 1. The highest BCUT2D eigenvalue weighted by Crippen LogP contribution is 2.39. The number of hydrogen-bond acceptors (Lipinski definition) is 7. The molecule has 1 fully saturated rings. The fourth-order valence-electron chi connectivity index (χ4n) is 4.37. The topological polar surface area (TPSA) is 88.0 Å². The van der Waals surface area contributed by atoms with Crippen LogP contribution in [0.5, 0.6) is 0 Å². The summed E-state index contributed by atoms with van der Waals surface area (Å²) >= 11 is 14.5. The molecule has 2 unspecified atom stereocenters. The molecule has 8 nitrogen and oxygen atoms in total. The van der Waals surface area contributed by atoms with Crippen LogP contribution in [-0.2, 0) is 7.05 Å². The molecule has 2 aromatic carbocycles. The number of benzene rings is 2. The van der Waals surface area contributed by atoms with Crippen LogP contribution in [0, 0.1) is 6.92 Å². The average molecular weight is 569 g/mol. The second-order valence-corrected chi connectivity index (χ2v) is 11.2. The standard InChI is InChI=1S/C27H27Cl2N7OS/c1-15-9-19(28)5-6-23(15)33-16(2)17(3)34-25-21-10-22(29)20(11-24(21)30-14-31-25)26(37)36-7-8-38-27(36)18-12-32-35(4)13-18/h5-6,9-14,17,27,33H,2,7-8H2,1,3-4H3,(H,30,31,34). The molecule has 3 heterocycles. The van der Waals surface area contributed by atoms with Gasteiger partial charge in [-0.05, 0) is 49.7 Å². The Morgan fingerprint density at radius 2 is 2.05 bits per heavy atom. The summed E-state index contributed by atoms with van der Waals surface area (Å²) in [4.78, 5) is 24.3. The number of carbonyl (C=O) groups is 1. The lowest BCUT2D eigenvalue weighted by atomic mass is 10.1. The van der Waals surface area contributed by atoms with Gasteiger partial charge < -0.3 is 15.5 Å². The Hall–Kier alpha value is -3.27. The Labute approximate surface area is 235 Å². The lowest BCUT2D eigenvalue weighted by Gasteiger charge is -2.24. The van der Waals surface area contributed by atoms with Crippen LogP contribution in [0.2, 0.25) is 10.0 Å². The summed E-state index contributed by atoms with van der Waals surface area (Å²) in [5.74, 6) is 1.32. The largest absolute Gasteiger partial charge is 0.361 e. The summed E-state index contributed by atoms with van der Waals surface area (Å²) in [6.07, 6.45) is 5.21. The molecule has 2 aromatic heterocycles. The van der Waals surface area contributed by atoms with Gasteiger partial charge in [0, 0.05) is 52.9 Å². The van der Waals surface area contributed by atoms with Crippen molar-refractivity contribution in [2.45, 2.75) is 25.3 Å². The lowest BCUT2D eigenvalue weighted by molar-refractivity contribution is 0.0760. The Morgan fingerprint density at radius 1 is 1.24 bits per heavy atom. The molecule has 196 valence electrons. The molecule has 1 saturated heterocycles. The number of nitrogens with zero attached hydrogens (tertiary/aromatic N) is 5. The number of aromatic nitrogens is 4. The summed E-state index contributed by atoms with van der Waals surface area (Å²) in [5.41, 5.74) is 4.73. The van der Waals surface area contributed by atoms with E-state index in [0.29, 0.717) is 33.5 Å². The fourth-order valence-corrected chi connectivity index (χ4v) is 6.06. The van der Waals surface area contributed by atoms with E-state index in [1.165, 1.54) is 6.33 Å². The van der Waals surface area contributed by atoms with E-state index in [0.717, 1.165) is 33.7 Å². The number of anilines is 2. The van der Waals surface area contributed by atoms with Gasteiger partial charge in [0.1, 0.15) is 17.5 Å². The highest BCUT2D eigenvalue weighted by atomic mass is 35.5. The smallest absolute Gasteiger partial charge is 0.256 e. The zero-order valence-corrected chi connectivity index (χ0v) is 23.5. The van der Waals surface area contributed by atoms with E-state index in [-0.39, 0.29) is 17.3 Å². The maximum absolute atomic E-state index is 13.6. The van der Waals surface area contributed by atoms with E-state index in [2.05, 4.69) is 32.3 Å². The van der Waals surface area contributed by atoms with Gasteiger partial charge >= 0.3 is 0 Å². The van der Waals surface area contributed by atoms with Crippen molar-refractivity contribution in [2.24, 2.45) is 7.05 Å². The highest BCUT2D eigenvalue weighted by molar-refractivity contribution is 7.99. The summed E-state index contributed by atoms with van der Waals surface area (Å²) in [7, 11) is 1.87. The van der Waals surface area contributed by atoms with Gasteiger partial charge in [-0.2, -0.15) is 5.10 Å². The SMILES string of the molecule is C=C(Nc1ccc(Cl)cc1C)C(C)Nc1ncnc2cc(C(=O)N3CCSC3c3cnn(C)c3)c(Cl)cc12. The maximum atomic E-state index is 13.6. The second-order valence-electron chi connectivity index (χ2n) is 9.22. The lowest BCUT2D eigenvalue weighted by Crippen LogP contribution is -2.30. The molecule has 11 heteroatoms. The number of aryl methyl sites for hydroxylation is 2. The highest BCUT2D eigenvalue weighted by Gasteiger charge is 2.33. The molecule has 5 rings (SSSR count). The predicted molar refractivity (Wildman–Crippen MR) is 156 cm³/mol. The minimum Gasteiger partial charge on any atom is -0.361 e. The normalized spacial score (nSPS) is 16.0. The number of fused-ring (bicyclic) bond motifs is 1. The first-order chi connectivity index (χ1) is 18.2. The van der Waals surface area contributed by atoms with Crippen molar-refractivity contribution in [2.75, 3.05) is 22.9 Å². The predicted octanol–water partition coefficient (Wildman–Crippen LogP) is 6.29. The van der Waals surface area contributed by atoms with Crippen LogP contribution in [0.4, 0.5) is 11.5 Å². The van der Waals surface area contributed by atoms with Gasteiger partial charge in [0.2, 0.25) is 0 Å². The quantitative estimate of drug-likeness (QED) is 0.271. The van der Waals surface area contributed by atoms with Gasteiger partial charge in [0.25, 0.3) is 5.91 Å². The first-order valence-electron chi connectivity index (χ1n) is 12.0. The van der Waals surface area contributed by atoms with Gasteiger partial charge in [-0.1, -0.05) is 29.8 Å². The molecule has 0 aliphatic carbocycles. The Bertz CT molecular complexity index is 1540. The molecule has 0 radical (unpaired) electrons. The molecule has 38 heavy (non-hydrogen) atoms. The molecule has 0 bridgehead atoms. The minimum absolute atomic E-state index is 0.103. The molecule has 1 aliphatic heterocycles. The van der Waals surface area contributed by atoms with E-state index in [9.17, 15) is 4.79 Å². The van der Waals surface area contributed by atoms with Crippen molar-refractivity contribution < 1.29 is 4.79 Å². The molecule has 4 aromatic rings. The Kier molecular flexibility index (Phi) is 7.52. The summed E-state index contributed by atoms with van der Waals surface area (Å²) in [6, 6.07) is 8.97. The van der Waals surface area contributed by atoms with Gasteiger partial charge in [0.05, 0.1) is 28.3 Å². The number of carbonyl (C=O) groups excluding carboxylic acids is 1. The molecule has 0 saturated carbocycles. The summed E-state index contributed by atoms with van der Waals surface area (Å²) in [5, 5.41) is 12.7. The Morgan fingerprint density at radius 3 is 2.79 bits per heavy atom. The Balaban J connectivity index is 1.37. The van der Waals surface area contributed by atoms with Crippen LogP contribution in [-0.4, -0.2) is 48.9 Å². The van der Waals surface area contributed by atoms with E-state index >= 15 is 0 Å². The van der Waals surface area contributed by atoms with Crippen LogP contribution in [0.3, 0.4) is 0 Å². The van der Waals surface area contributed by atoms with Gasteiger partial charge in [0.15, 0.2) is 0 Å². The molecular weight excluding hydrogens is 541 g/mol. The van der Waals surface area contributed by atoms with E-state index in [1.807, 2.05) is 50.2 Å². The van der Waals surface area contributed by atoms with Crippen LogP contribution in [0.15, 0.2) is 61.3 Å². The molecule has 1 amide bonds. The number of halogens is 2. The molecule has 2 N–H and O–H groups in total. The van der Waals surface area contributed by atoms with Crippen LogP contribution >= 0.6 is 35.0 Å². The maximum Gasteiger partial charge on any atom is 0.256 e. The van der Waals surface area contributed by atoms with Crippen molar-refractivity contribution >= 4 is 63.3 Å². The van der Waals surface area contributed by atoms with Crippen LogP contribution < -0.4 is 10.6 Å². The van der Waals surface area contributed by atoms with Crippen LogP contribution in [0.1, 0.15) is 33.8 Å². The first-order valence-corrected chi connectivity index (χ1v) is 13.9. The monoisotopic (exact) mass is 567 g/mol. The van der Waals surface area contributed by atoms with Gasteiger partial charge in [-0.3, -0.25) is 9.48 Å². The third kappa shape index (κ3) is 5.32. The molecule has 1 aliphatic rings. The van der Waals surface area contributed by atoms with E-state index < -0.39 is 0 Å². The van der Waals surface area contributed by atoms with Crippen molar-refractivity contribution in [3.05, 3.63) is 88.1 Å². The first kappa shape index (κ1) is 26.3. The second kappa shape index (κ2) is 10.8. The van der Waals surface area contributed by atoms with Gasteiger partial charge in [-0.25, -0.2) is 9.97 Å². The zero-order chi connectivity index (χ0) is 27.0. The van der Waals surface area contributed by atoms with E-state index in [1.54, 1.807) is 34.8 Å². The van der Waals surface area contributed by atoms with Crippen molar-refractivity contribution in [3.63, 3.8) is 0 Å². The fraction of sp³-hybridized carbons (Fsp3) is 0.259.